The molecular weight excluding hydrogens is 380 g/mol. The number of aromatic nitrogens is 3. The fourth-order valence-corrected chi connectivity index (χ4v) is 4.78. The van der Waals surface area contributed by atoms with E-state index in [1.807, 2.05) is 11.8 Å². The summed E-state index contributed by atoms with van der Waals surface area (Å²) in [5.74, 6) is 2.72. The molecule has 30 heavy (non-hydrogen) atoms. The first-order valence-electron chi connectivity index (χ1n) is 11.3. The minimum absolute atomic E-state index is 0.000663. The van der Waals surface area contributed by atoms with E-state index in [9.17, 15) is 4.79 Å². The number of nitrogens with zero attached hydrogens (tertiary/aromatic N) is 6. The third-order valence-electron chi connectivity index (χ3n) is 6.51. The van der Waals surface area contributed by atoms with Crippen LogP contribution in [0.4, 0.5) is 11.8 Å². The summed E-state index contributed by atoms with van der Waals surface area (Å²) in [7, 11) is 0. The Labute approximate surface area is 177 Å². The van der Waals surface area contributed by atoms with Crippen LogP contribution >= 0.6 is 0 Å². The molecule has 0 unspecified atom stereocenters. The van der Waals surface area contributed by atoms with E-state index in [0.717, 1.165) is 80.6 Å². The van der Waals surface area contributed by atoms with E-state index < -0.39 is 0 Å². The molecule has 2 aliphatic heterocycles. The number of hydrogen-bond donors (Lipinski definition) is 0. The summed E-state index contributed by atoms with van der Waals surface area (Å²) < 4.78 is 5.44. The fourth-order valence-electron chi connectivity index (χ4n) is 4.78. The summed E-state index contributed by atoms with van der Waals surface area (Å²) in [6.07, 6.45) is 7.77. The summed E-state index contributed by atoms with van der Waals surface area (Å²) in [6, 6.07) is 2.09. The van der Waals surface area contributed by atoms with Crippen molar-refractivity contribution in [2.45, 2.75) is 51.9 Å². The van der Waals surface area contributed by atoms with Crippen molar-refractivity contribution < 1.29 is 9.32 Å². The average Bonchev–Trinajstić information content (AvgIpc) is 3.23. The largest absolute Gasteiger partial charge is 0.360 e. The zero-order valence-corrected chi connectivity index (χ0v) is 17.8. The van der Waals surface area contributed by atoms with Gasteiger partial charge < -0.3 is 19.2 Å². The Morgan fingerprint density at radius 3 is 2.47 bits per heavy atom. The van der Waals surface area contributed by atoms with Crippen LogP contribution in [0.1, 0.15) is 59.6 Å². The van der Waals surface area contributed by atoms with Crippen LogP contribution in [0.5, 0.6) is 0 Å². The second-order valence-corrected chi connectivity index (χ2v) is 8.63. The van der Waals surface area contributed by atoms with Crippen molar-refractivity contribution >= 4 is 17.7 Å². The van der Waals surface area contributed by atoms with E-state index in [1.165, 1.54) is 19.3 Å². The molecule has 2 aromatic rings. The van der Waals surface area contributed by atoms with E-state index in [4.69, 9.17) is 9.51 Å². The summed E-state index contributed by atoms with van der Waals surface area (Å²) in [4.78, 5) is 29.1. The van der Waals surface area contributed by atoms with Crippen LogP contribution in [0.2, 0.25) is 0 Å². The highest BCUT2D eigenvalue weighted by atomic mass is 16.5. The molecule has 0 N–H and O–H groups in total. The summed E-state index contributed by atoms with van der Waals surface area (Å²) in [5, 5.41) is 4.12. The maximum atomic E-state index is 13.0. The molecule has 2 aromatic heterocycles. The zero-order chi connectivity index (χ0) is 20.5. The maximum absolute atomic E-state index is 13.0. The third kappa shape index (κ3) is 3.75. The molecule has 0 aromatic carbocycles. The monoisotopic (exact) mass is 410 g/mol. The number of carbonyl (C=O) groups is 1. The van der Waals surface area contributed by atoms with Crippen LogP contribution in [0.15, 0.2) is 10.6 Å². The van der Waals surface area contributed by atoms with Crippen LogP contribution < -0.4 is 9.80 Å². The number of piperazine rings is 1. The van der Waals surface area contributed by atoms with Crippen LogP contribution in [0, 0.1) is 6.92 Å². The van der Waals surface area contributed by atoms with Gasteiger partial charge in [0.15, 0.2) is 5.69 Å². The Morgan fingerprint density at radius 1 is 0.900 bits per heavy atom. The van der Waals surface area contributed by atoms with E-state index >= 15 is 0 Å². The lowest BCUT2D eigenvalue weighted by atomic mass is 9.96. The quantitative estimate of drug-likeness (QED) is 0.770. The lowest BCUT2D eigenvalue weighted by Gasteiger charge is -2.35. The van der Waals surface area contributed by atoms with Crippen molar-refractivity contribution in [2.24, 2.45) is 0 Å². The molecule has 1 amide bonds. The topological polar surface area (TPSA) is 78.6 Å². The molecule has 0 radical (unpaired) electrons. The molecular formula is C22H30N6O2. The Balaban J connectivity index is 1.26. The highest BCUT2D eigenvalue weighted by Gasteiger charge is 2.30. The molecule has 0 saturated carbocycles. The van der Waals surface area contributed by atoms with Gasteiger partial charge in [-0.1, -0.05) is 5.16 Å². The van der Waals surface area contributed by atoms with Gasteiger partial charge in [-0.2, -0.15) is 4.98 Å². The predicted molar refractivity (Wildman–Crippen MR) is 114 cm³/mol. The summed E-state index contributed by atoms with van der Waals surface area (Å²) >= 11 is 0. The van der Waals surface area contributed by atoms with Crippen molar-refractivity contribution in [3.05, 3.63) is 28.8 Å². The average molecular weight is 411 g/mol. The molecule has 1 aliphatic carbocycles. The zero-order valence-electron chi connectivity index (χ0n) is 17.8. The molecule has 2 saturated heterocycles. The number of carbonyl (C=O) groups excluding carboxylic acids is 1. The van der Waals surface area contributed by atoms with Crippen molar-refractivity contribution in [3.63, 3.8) is 0 Å². The first-order valence-corrected chi connectivity index (χ1v) is 11.3. The highest BCUT2D eigenvalue weighted by Crippen LogP contribution is 2.26. The van der Waals surface area contributed by atoms with Gasteiger partial charge in [0.2, 0.25) is 5.95 Å². The standard InChI is InChI=1S/C22H30N6O2/c1-16-15-19(26-9-5-2-6-10-26)24-22(23-16)28-13-11-27(12-14-28)21(29)20-17-7-3-4-8-18(17)30-25-20/h15H,2-14H2,1H3. The molecule has 3 aliphatic rings. The van der Waals surface area contributed by atoms with Gasteiger partial charge in [-0.25, -0.2) is 4.98 Å². The molecule has 2 fully saturated rings. The third-order valence-corrected chi connectivity index (χ3v) is 6.51. The van der Waals surface area contributed by atoms with Gasteiger partial charge in [0.05, 0.1) is 0 Å². The molecule has 4 heterocycles. The molecule has 0 spiro atoms. The number of fused-ring (bicyclic) bond motifs is 1. The molecule has 0 bridgehead atoms. The lowest BCUT2D eigenvalue weighted by molar-refractivity contribution is 0.0734. The van der Waals surface area contributed by atoms with E-state index in [2.05, 4.69) is 26.0 Å². The normalized spacial score (nSPS) is 19.7. The van der Waals surface area contributed by atoms with Gasteiger partial charge >= 0.3 is 0 Å². The Kier molecular flexibility index (Phi) is 5.31. The molecule has 8 nitrogen and oxygen atoms in total. The van der Waals surface area contributed by atoms with Gasteiger partial charge in [-0.05, 0) is 45.4 Å². The minimum Gasteiger partial charge on any atom is -0.360 e. The van der Waals surface area contributed by atoms with Gasteiger partial charge in [0.1, 0.15) is 11.6 Å². The van der Waals surface area contributed by atoms with Gasteiger partial charge in [-0.15, -0.1) is 0 Å². The predicted octanol–water partition coefficient (Wildman–Crippen LogP) is 2.60. The van der Waals surface area contributed by atoms with Crippen molar-refractivity contribution in [1.29, 1.82) is 0 Å². The van der Waals surface area contributed by atoms with E-state index in [1.54, 1.807) is 0 Å². The Hall–Kier alpha value is -2.64. The highest BCUT2D eigenvalue weighted by molar-refractivity contribution is 5.94. The number of anilines is 2. The number of rotatable bonds is 3. The molecule has 5 rings (SSSR count). The second-order valence-electron chi connectivity index (χ2n) is 8.63. The van der Waals surface area contributed by atoms with Gasteiger partial charge in [0, 0.05) is 63.0 Å². The summed E-state index contributed by atoms with van der Waals surface area (Å²) in [5.41, 5.74) is 2.55. The van der Waals surface area contributed by atoms with E-state index in [0.29, 0.717) is 18.8 Å². The number of hydrogen-bond acceptors (Lipinski definition) is 7. The molecule has 0 atom stereocenters. The minimum atomic E-state index is 0.000663. The van der Waals surface area contributed by atoms with E-state index in [-0.39, 0.29) is 5.91 Å². The first-order chi connectivity index (χ1) is 14.7. The lowest BCUT2D eigenvalue weighted by Crippen LogP contribution is -2.49. The maximum Gasteiger partial charge on any atom is 0.276 e. The van der Waals surface area contributed by atoms with Crippen molar-refractivity contribution in [2.75, 3.05) is 49.1 Å². The Morgan fingerprint density at radius 2 is 1.67 bits per heavy atom. The SMILES string of the molecule is Cc1cc(N2CCCCC2)nc(N2CCN(C(=O)c3noc4c3CCCC4)CC2)n1. The van der Waals surface area contributed by atoms with Gasteiger partial charge in [-0.3, -0.25) is 4.79 Å². The smallest absolute Gasteiger partial charge is 0.276 e. The number of piperidine rings is 1. The van der Waals surface area contributed by atoms with Gasteiger partial charge in [0.25, 0.3) is 5.91 Å². The van der Waals surface area contributed by atoms with Crippen molar-refractivity contribution in [1.82, 2.24) is 20.0 Å². The van der Waals surface area contributed by atoms with Crippen LogP contribution in [-0.4, -0.2) is 65.2 Å². The fraction of sp³-hybridized carbons (Fsp3) is 0.636. The van der Waals surface area contributed by atoms with Crippen molar-refractivity contribution in [3.8, 4) is 0 Å². The van der Waals surface area contributed by atoms with Crippen LogP contribution in [0.3, 0.4) is 0 Å². The first kappa shape index (κ1) is 19.3. The van der Waals surface area contributed by atoms with Crippen LogP contribution in [0.25, 0.3) is 0 Å². The number of aryl methyl sites for hydroxylation is 2. The molecule has 160 valence electrons. The molecule has 8 heteroatoms. The Bertz CT molecular complexity index is 912. The second kappa shape index (κ2) is 8.24. The van der Waals surface area contributed by atoms with Crippen LogP contribution in [-0.2, 0) is 12.8 Å². The summed E-state index contributed by atoms with van der Waals surface area (Å²) in [6.45, 7) is 6.93. The number of amides is 1.